The van der Waals surface area contributed by atoms with Gasteiger partial charge in [0.25, 0.3) is 5.56 Å². The number of nitrogens with zero attached hydrogens (tertiary/aromatic N) is 3. The Kier molecular flexibility index (Phi) is 5.44. The number of nitrogens with one attached hydrogen (secondary N) is 1. The summed E-state index contributed by atoms with van der Waals surface area (Å²) in [5.41, 5.74) is 3.19. The lowest BCUT2D eigenvalue weighted by Gasteiger charge is -2.14. The summed E-state index contributed by atoms with van der Waals surface area (Å²) in [5, 5.41) is 4.17. The molecule has 1 N–H and O–H groups in total. The van der Waals surface area contributed by atoms with Crippen LogP contribution in [0.5, 0.6) is 0 Å². The van der Waals surface area contributed by atoms with Crippen molar-refractivity contribution in [3.8, 4) is 11.1 Å². The Morgan fingerprint density at radius 3 is 2.55 bits per heavy atom. The summed E-state index contributed by atoms with van der Waals surface area (Å²) in [6.45, 7) is 3.40. The Morgan fingerprint density at radius 2 is 1.90 bits per heavy atom. The molecule has 0 atom stereocenters. The Bertz CT molecular complexity index is 1340. The van der Waals surface area contributed by atoms with Gasteiger partial charge in [-0.05, 0) is 55.8 Å². The molecule has 8 heteroatoms. The maximum Gasteiger partial charge on any atom is 0.293 e. The SMILES string of the molecule is COn1c(=O)c(-c2c(C)cccc2Cl)cc2cnc(Nc3ccc(C(C)=O)cc3)nc21. The van der Waals surface area contributed by atoms with E-state index in [0.717, 1.165) is 10.3 Å². The lowest BCUT2D eigenvalue weighted by molar-refractivity contribution is 0.101. The van der Waals surface area contributed by atoms with Crippen molar-refractivity contribution in [2.45, 2.75) is 13.8 Å². The molecule has 156 valence electrons. The molecule has 0 aliphatic rings. The molecule has 0 radical (unpaired) electrons. The number of hydrogen-bond donors (Lipinski definition) is 1. The van der Waals surface area contributed by atoms with Crippen LogP contribution < -0.4 is 15.7 Å². The first-order valence-corrected chi connectivity index (χ1v) is 9.87. The molecule has 2 heterocycles. The number of aromatic nitrogens is 3. The van der Waals surface area contributed by atoms with Crippen LogP contribution in [0.15, 0.2) is 59.5 Å². The second-order valence-electron chi connectivity index (χ2n) is 7.00. The zero-order valence-corrected chi connectivity index (χ0v) is 17.9. The summed E-state index contributed by atoms with van der Waals surface area (Å²) in [7, 11) is 1.40. The van der Waals surface area contributed by atoms with Crippen molar-refractivity contribution in [1.82, 2.24) is 14.7 Å². The van der Waals surface area contributed by atoms with Crippen molar-refractivity contribution in [2.24, 2.45) is 0 Å². The summed E-state index contributed by atoms with van der Waals surface area (Å²) in [6.07, 6.45) is 1.61. The van der Waals surface area contributed by atoms with Crippen LogP contribution in [-0.4, -0.2) is 27.6 Å². The number of benzene rings is 2. The van der Waals surface area contributed by atoms with E-state index in [-0.39, 0.29) is 17.3 Å². The monoisotopic (exact) mass is 434 g/mol. The van der Waals surface area contributed by atoms with Gasteiger partial charge in [0, 0.05) is 33.4 Å². The highest BCUT2D eigenvalue weighted by Gasteiger charge is 2.17. The Morgan fingerprint density at radius 1 is 1.16 bits per heavy atom. The van der Waals surface area contributed by atoms with Crippen LogP contribution in [0.4, 0.5) is 11.6 Å². The highest BCUT2D eigenvalue weighted by molar-refractivity contribution is 6.33. The van der Waals surface area contributed by atoms with Crippen molar-refractivity contribution in [3.63, 3.8) is 0 Å². The summed E-state index contributed by atoms with van der Waals surface area (Å²) in [6, 6.07) is 14.1. The number of hydrogen-bond acceptors (Lipinski definition) is 6. The van der Waals surface area contributed by atoms with Crippen LogP contribution in [0.1, 0.15) is 22.8 Å². The minimum absolute atomic E-state index is 0.0119. The van der Waals surface area contributed by atoms with E-state index in [1.54, 1.807) is 42.6 Å². The van der Waals surface area contributed by atoms with Crippen molar-refractivity contribution in [1.29, 1.82) is 0 Å². The highest BCUT2D eigenvalue weighted by Crippen LogP contribution is 2.30. The molecule has 0 aliphatic heterocycles. The molecule has 2 aromatic carbocycles. The largest absolute Gasteiger partial charge is 0.412 e. The minimum atomic E-state index is -0.373. The molecule has 7 nitrogen and oxygen atoms in total. The van der Waals surface area contributed by atoms with Crippen LogP contribution >= 0.6 is 11.6 Å². The molecule has 0 unspecified atom stereocenters. The van der Waals surface area contributed by atoms with Crippen LogP contribution in [-0.2, 0) is 0 Å². The van der Waals surface area contributed by atoms with Gasteiger partial charge in [-0.25, -0.2) is 4.98 Å². The maximum absolute atomic E-state index is 13.2. The van der Waals surface area contributed by atoms with E-state index in [1.807, 2.05) is 19.1 Å². The lowest BCUT2D eigenvalue weighted by Crippen LogP contribution is -2.27. The summed E-state index contributed by atoms with van der Waals surface area (Å²) in [4.78, 5) is 38.8. The number of carbonyl (C=O) groups is 1. The van der Waals surface area contributed by atoms with E-state index in [4.69, 9.17) is 16.4 Å². The predicted molar refractivity (Wildman–Crippen MR) is 121 cm³/mol. The first-order chi connectivity index (χ1) is 14.9. The summed E-state index contributed by atoms with van der Waals surface area (Å²) < 4.78 is 1.12. The third-order valence-electron chi connectivity index (χ3n) is 4.92. The lowest BCUT2D eigenvalue weighted by atomic mass is 10.0. The molecule has 0 spiro atoms. The van der Waals surface area contributed by atoms with Crippen molar-refractivity contribution in [2.75, 3.05) is 12.4 Å². The molecule has 4 aromatic rings. The molecule has 2 aromatic heterocycles. The third kappa shape index (κ3) is 3.87. The number of anilines is 2. The van der Waals surface area contributed by atoms with Crippen molar-refractivity contribution in [3.05, 3.63) is 81.2 Å². The van der Waals surface area contributed by atoms with Crippen LogP contribution in [0.25, 0.3) is 22.2 Å². The fourth-order valence-corrected chi connectivity index (χ4v) is 3.69. The fourth-order valence-electron chi connectivity index (χ4n) is 3.37. The molecule has 0 saturated carbocycles. The van der Waals surface area contributed by atoms with E-state index < -0.39 is 0 Å². The van der Waals surface area contributed by atoms with Crippen molar-refractivity contribution >= 4 is 40.1 Å². The summed E-state index contributed by atoms with van der Waals surface area (Å²) in [5.74, 6) is 0.275. The van der Waals surface area contributed by atoms with E-state index in [0.29, 0.717) is 38.4 Å². The van der Waals surface area contributed by atoms with Gasteiger partial charge in [0.05, 0.1) is 5.56 Å². The smallest absolute Gasteiger partial charge is 0.293 e. The zero-order chi connectivity index (χ0) is 22.1. The van der Waals surface area contributed by atoms with E-state index in [2.05, 4.69) is 15.3 Å². The Balaban J connectivity index is 1.80. The third-order valence-corrected chi connectivity index (χ3v) is 5.24. The van der Waals surface area contributed by atoms with Gasteiger partial charge in [0.15, 0.2) is 11.4 Å². The van der Waals surface area contributed by atoms with Gasteiger partial charge in [-0.1, -0.05) is 23.7 Å². The average Bonchev–Trinajstić information content (AvgIpc) is 2.74. The molecule has 0 amide bonds. The second kappa shape index (κ2) is 8.20. The first-order valence-electron chi connectivity index (χ1n) is 9.50. The molecule has 0 bridgehead atoms. The van der Waals surface area contributed by atoms with Gasteiger partial charge >= 0.3 is 0 Å². The van der Waals surface area contributed by atoms with Crippen LogP contribution in [0, 0.1) is 6.92 Å². The van der Waals surface area contributed by atoms with E-state index >= 15 is 0 Å². The summed E-state index contributed by atoms with van der Waals surface area (Å²) >= 11 is 6.38. The topological polar surface area (TPSA) is 86.1 Å². The Labute approximate surface area is 183 Å². The van der Waals surface area contributed by atoms with Gasteiger partial charge < -0.3 is 10.2 Å². The number of rotatable bonds is 5. The van der Waals surface area contributed by atoms with E-state index in [1.165, 1.54) is 14.0 Å². The fraction of sp³-hybridized carbons (Fsp3) is 0.130. The van der Waals surface area contributed by atoms with Gasteiger partial charge in [-0.15, -0.1) is 4.73 Å². The minimum Gasteiger partial charge on any atom is -0.412 e. The molecular formula is C23H19ClN4O3. The standard InChI is InChI=1S/C23H19ClN4O3/c1-13-5-4-6-19(24)20(13)18-11-16-12-25-23(27-21(16)28(31-3)22(18)30)26-17-9-7-15(8-10-17)14(2)29/h4-12H,1-3H3,(H,25,26,27). The number of Topliss-reactive ketones (excluding diaryl/α,β-unsaturated/α-hetero) is 1. The van der Waals surface area contributed by atoms with E-state index in [9.17, 15) is 9.59 Å². The average molecular weight is 435 g/mol. The van der Waals surface area contributed by atoms with Gasteiger partial charge in [0.2, 0.25) is 5.95 Å². The molecule has 0 fully saturated rings. The second-order valence-corrected chi connectivity index (χ2v) is 7.41. The molecular weight excluding hydrogens is 416 g/mol. The zero-order valence-electron chi connectivity index (χ0n) is 17.1. The molecule has 31 heavy (non-hydrogen) atoms. The van der Waals surface area contributed by atoms with Gasteiger partial charge in [-0.3, -0.25) is 9.59 Å². The molecule has 0 aliphatic carbocycles. The normalized spacial score (nSPS) is 10.8. The highest BCUT2D eigenvalue weighted by atomic mass is 35.5. The first kappa shape index (κ1) is 20.6. The predicted octanol–water partition coefficient (Wildman–Crippen LogP) is 4.42. The van der Waals surface area contributed by atoms with Crippen molar-refractivity contribution < 1.29 is 9.63 Å². The Hall–Kier alpha value is -3.71. The number of pyridine rings is 1. The van der Waals surface area contributed by atoms with Crippen LogP contribution in [0.3, 0.4) is 0 Å². The number of aryl methyl sites for hydroxylation is 1. The number of carbonyl (C=O) groups excluding carboxylic acids is 1. The van der Waals surface area contributed by atoms with Gasteiger partial charge in [-0.2, -0.15) is 4.98 Å². The number of ketones is 1. The molecule has 0 saturated heterocycles. The maximum atomic E-state index is 13.2. The van der Waals surface area contributed by atoms with Crippen LogP contribution in [0.2, 0.25) is 5.02 Å². The molecule has 4 rings (SSSR count). The quantitative estimate of drug-likeness (QED) is 0.468. The number of fused-ring (bicyclic) bond motifs is 1. The number of halogens is 1. The van der Waals surface area contributed by atoms with Gasteiger partial charge in [0.1, 0.15) is 7.11 Å².